The molecule has 0 saturated heterocycles. The summed E-state index contributed by atoms with van der Waals surface area (Å²) in [4.78, 5) is 33.2. The zero-order chi connectivity index (χ0) is 26.7. The molecule has 0 aliphatic heterocycles. The van der Waals surface area contributed by atoms with E-state index in [1.807, 2.05) is 89.2 Å². The first kappa shape index (κ1) is 28.1. The van der Waals surface area contributed by atoms with E-state index in [0.29, 0.717) is 12.1 Å². The number of primary amides is 2. The first-order chi connectivity index (χ1) is 17.2. The zero-order valence-electron chi connectivity index (χ0n) is 21.5. The fraction of sp³-hybridized carbons (Fsp3) is 0.333. The third kappa shape index (κ3) is 8.26. The fourth-order valence-corrected chi connectivity index (χ4v) is 3.29. The van der Waals surface area contributed by atoms with E-state index in [-0.39, 0.29) is 35.7 Å². The molecule has 192 valence electrons. The van der Waals surface area contributed by atoms with E-state index >= 15 is 0 Å². The van der Waals surface area contributed by atoms with Gasteiger partial charge in [-0.1, -0.05) is 75.7 Å². The van der Waals surface area contributed by atoms with Gasteiger partial charge in [-0.15, -0.1) is 0 Å². The van der Waals surface area contributed by atoms with Crippen molar-refractivity contribution in [2.24, 2.45) is 17.4 Å². The molecular weight excluding hydrogens is 456 g/mol. The largest absolute Gasteiger partial charge is 0.472 e. The van der Waals surface area contributed by atoms with Gasteiger partial charge in [0.2, 0.25) is 17.7 Å². The van der Waals surface area contributed by atoms with Crippen molar-refractivity contribution < 1.29 is 14.3 Å². The molecule has 6 N–H and O–H groups in total. The van der Waals surface area contributed by atoms with Gasteiger partial charge < -0.3 is 26.8 Å². The van der Waals surface area contributed by atoms with E-state index < -0.39 is 17.9 Å². The average molecular weight is 493 g/mol. The summed E-state index contributed by atoms with van der Waals surface area (Å²) >= 11 is 0. The standard InChI is InChI=1S/C25H30N6O3.C2H6/c1-15(2)13-19(21(26)32)29-25-30-23(28-18-11-9-16(3)10-12-18)20(22(27)33)24(31-25)34-14-17-7-5-4-6-8-17;1-2/h4-12,15,19H,13-14H2,1-3H3,(H2,26,32)(H2,27,33)(H2,28,29,30,31);1-2H3. The molecule has 1 heterocycles. The Morgan fingerprint density at radius 3 is 2.17 bits per heavy atom. The van der Waals surface area contributed by atoms with Crippen LogP contribution in [0.5, 0.6) is 5.88 Å². The molecule has 3 rings (SSSR count). The molecule has 0 bridgehead atoms. The van der Waals surface area contributed by atoms with Crippen LogP contribution < -0.4 is 26.8 Å². The number of hydrogen-bond acceptors (Lipinski definition) is 7. The minimum Gasteiger partial charge on any atom is -0.472 e. The van der Waals surface area contributed by atoms with Gasteiger partial charge in [0.15, 0.2) is 5.82 Å². The predicted octanol–water partition coefficient (Wildman–Crippen LogP) is 4.54. The molecule has 2 amide bonds. The van der Waals surface area contributed by atoms with E-state index in [0.717, 1.165) is 11.1 Å². The summed E-state index contributed by atoms with van der Waals surface area (Å²) in [6, 6.07) is 16.3. The summed E-state index contributed by atoms with van der Waals surface area (Å²) in [5.41, 5.74) is 13.9. The van der Waals surface area contributed by atoms with Crippen molar-refractivity contribution in [2.45, 2.75) is 53.7 Å². The Morgan fingerprint density at radius 1 is 0.972 bits per heavy atom. The Balaban J connectivity index is 0.00000222. The summed E-state index contributed by atoms with van der Waals surface area (Å²) < 4.78 is 5.90. The number of benzene rings is 2. The van der Waals surface area contributed by atoms with Gasteiger partial charge in [0.05, 0.1) is 0 Å². The van der Waals surface area contributed by atoms with Crippen LogP contribution >= 0.6 is 0 Å². The molecule has 9 nitrogen and oxygen atoms in total. The van der Waals surface area contributed by atoms with E-state index in [2.05, 4.69) is 20.6 Å². The predicted molar refractivity (Wildman–Crippen MR) is 143 cm³/mol. The van der Waals surface area contributed by atoms with Gasteiger partial charge in [-0.05, 0) is 37.0 Å². The van der Waals surface area contributed by atoms with Gasteiger partial charge in [-0.3, -0.25) is 9.59 Å². The van der Waals surface area contributed by atoms with Crippen LogP contribution in [0.4, 0.5) is 17.5 Å². The molecule has 36 heavy (non-hydrogen) atoms. The second kappa shape index (κ2) is 13.7. The molecule has 1 unspecified atom stereocenters. The second-order valence-corrected chi connectivity index (χ2v) is 8.43. The number of ether oxygens (including phenoxy) is 1. The fourth-order valence-electron chi connectivity index (χ4n) is 3.29. The molecule has 9 heteroatoms. The average Bonchev–Trinajstić information content (AvgIpc) is 2.85. The number of carbonyl (C=O) groups excluding carboxylic acids is 2. The lowest BCUT2D eigenvalue weighted by Crippen LogP contribution is -2.37. The van der Waals surface area contributed by atoms with Crippen LogP contribution in [-0.2, 0) is 11.4 Å². The normalized spacial score (nSPS) is 11.2. The molecule has 1 atom stereocenters. The van der Waals surface area contributed by atoms with Gasteiger partial charge in [-0.2, -0.15) is 9.97 Å². The van der Waals surface area contributed by atoms with Gasteiger partial charge in [0, 0.05) is 5.69 Å². The summed E-state index contributed by atoms with van der Waals surface area (Å²) in [6.45, 7) is 10.1. The monoisotopic (exact) mass is 492 g/mol. The number of nitrogens with two attached hydrogens (primary N) is 2. The summed E-state index contributed by atoms with van der Waals surface area (Å²) in [5, 5.41) is 6.10. The number of anilines is 3. The maximum Gasteiger partial charge on any atom is 0.258 e. The molecule has 0 radical (unpaired) electrons. The molecular formula is C27H36N6O3. The van der Waals surface area contributed by atoms with Crippen LogP contribution in [0.3, 0.4) is 0 Å². The quantitative estimate of drug-likeness (QED) is 0.307. The molecule has 1 aromatic heterocycles. The minimum absolute atomic E-state index is 0.00143. The Hall–Kier alpha value is -4.14. The van der Waals surface area contributed by atoms with Gasteiger partial charge in [0.25, 0.3) is 5.91 Å². The van der Waals surface area contributed by atoms with Crippen LogP contribution in [0.15, 0.2) is 54.6 Å². The SMILES string of the molecule is CC.Cc1ccc(Nc2nc(NC(CC(C)C)C(N)=O)nc(OCc3ccccc3)c2C(N)=O)cc1. The Labute approximate surface area is 212 Å². The number of amides is 2. The first-order valence-corrected chi connectivity index (χ1v) is 12.0. The van der Waals surface area contributed by atoms with Crippen molar-refractivity contribution in [3.05, 3.63) is 71.3 Å². The third-order valence-electron chi connectivity index (χ3n) is 5.01. The number of nitrogens with one attached hydrogen (secondary N) is 2. The van der Waals surface area contributed by atoms with Gasteiger partial charge >= 0.3 is 0 Å². The van der Waals surface area contributed by atoms with E-state index in [4.69, 9.17) is 16.2 Å². The van der Waals surface area contributed by atoms with Crippen molar-refractivity contribution >= 4 is 29.3 Å². The van der Waals surface area contributed by atoms with Crippen LogP contribution in [-0.4, -0.2) is 27.8 Å². The molecule has 0 spiro atoms. The Morgan fingerprint density at radius 2 is 1.61 bits per heavy atom. The van der Waals surface area contributed by atoms with Crippen molar-refractivity contribution in [3.63, 3.8) is 0 Å². The van der Waals surface area contributed by atoms with Crippen molar-refractivity contribution in [1.29, 1.82) is 0 Å². The maximum atomic E-state index is 12.4. The molecule has 0 aliphatic carbocycles. The summed E-state index contributed by atoms with van der Waals surface area (Å²) in [6.07, 6.45) is 0.483. The van der Waals surface area contributed by atoms with Gasteiger partial charge in [-0.25, -0.2) is 0 Å². The highest BCUT2D eigenvalue weighted by Gasteiger charge is 2.24. The zero-order valence-corrected chi connectivity index (χ0v) is 21.5. The highest BCUT2D eigenvalue weighted by molar-refractivity contribution is 6.00. The van der Waals surface area contributed by atoms with Gasteiger partial charge in [0.1, 0.15) is 18.2 Å². The number of nitrogens with zero attached hydrogens (tertiary/aromatic N) is 2. The van der Waals surface area contributed by atoms with Crippen molar-refractivity contribution in [3.8, 4) is 5.88 Å². The van der Waals surface area contributed by atoms with E-state index in [9.17, 15) is 9.59 Å². The summed E-state index contributed by atoms with van der Waals surface area (Å²) in [7, 11) is 0. The first-order valence-electron chi connectivity index (χ1n) is 12.0. The lowest BCUT2D eigenvalue weighted by atomic mass is 10.0. The van der Waals surface area contributed by atoms with E-state index in [1.165, 1.54) is 0 Å². The van der Waals surface area contributed by atoms with Crippen molar-refractivity contribution in [2.75, 3.05) is 10.6 Å². The second-order valence-electron chi connectivity index (χ2n) is 8.43. The topological polar surface area (TPSA) is 145 Å². The Bertz CT molecular complexity index is 1130. The lowest BCUT2D eigenvalue weighted by molar-refractivity contribution is -0.119. The van der Waals surface area contributed by atoms with Crippen LogP contribution in [0, 0.1) is 12.8 Å². The number of aryl methyl sites for hydroxylation is 1. The number of aromatic nitrogens is 2. The maximum absolute atomic E-state index is 12.4. The molecule has 2 aromatic carbocycles. The number of rotatable bonds is 11. The Kier molecular flexibility index (Phi) is 10.7. The molecule has 0 aliphatic rings. The number of carbonyl (C=O) groups is 2. The summed E-state index contributed by atoms with van der Waals surface area (Å²) in [5.74, 6) is -0.837. The van der Waals surface area contributed by atoms with Crippen LogP contribution in [0.2, 0.25) is 0 Å². The molecule has 3 aromatic rings. The van der Waals surface area contributed by atoms with Crippen LogP contribution in [0.25, 0.3) is 0 Å². The van der Waals surface area contributed by atoms with E-state index in [1.54, 1.807) is 0 Å². The highest BCUT2D eigenvalue weighted by Crippen LogP contribution is 2.29. The smallest absolute Gasteiger partial charge is 0.258 e. The number of hydrogen-bond donors (Lipinski definition) is 4. The lowest BCUT2D eigenvalue weighted by Gasteiger charge is -2.20. The molecule has 0 saturated carbocycles. The third-order valence-corrected chi connectivity index (χ3v) is 5.01. The highest BCUT2D eigenvalue weighted by atomic mass is 16.5. The minimum atomic E-state index is -0.752. The molecule has 0 fully saturated rings. The van der Waals surface area contributed by atoms with Crippen molar-refractivity contribution in [1.82, 2.24) is 9.97 Å². The van der Waals surface area contributed by atoms with Crippen LogP contribution in [0.1, 0.15) is 55.6 Å².